The lowest BCUT2D eigenvalue weighted by molar-refractivity contribution is -0.0157. The van der Waals surface area contributed by atoms with E-state index < -0.39 is 0 Å². The molecule has 2 saturated carbocycles. The van der Waals surface area contributed by atoms with Crippen LogP contribution in [0.15, 0.2) is 48.5 Å². The van der Waals surface area contributed by atoms with Crippen LogP contribution < -0.4 is 4.74 Å². The average Bonchev–Trinajstić information content (AvgIpc) is 3.57. The van der Waals surface area contributed by atoms with Gasteiger partial charge in [-0.25, -0.2) is 0 Å². The Morgan fingerprint density at radius 1 is 1.00 bits per heavy atom. The molecule has 0 spiro atoms. The standard InChI is InChI=1S/C27H33NO/c1-29-22-11-10-20-17-25-23-9-5-6-12-27(23,24(20)18-22)15-16-28(25)19-26(13-14-26)21-7-3-2-4-8-21/h2-4,7-8,10-11,18,23,25H,5-6,9,12-17,19H2,1H3/t23-,25+,27+/m0/s1. The fourth-order valence-electron chi connectivity index (χ4n) is 7.26. The van der Waals surface area contributed by atoms with Crippen LogP contribution in [0.2, 0.25) is 0 Å². The Morgan fingerprint density at radius 3 is 2.66 bits per heavy atom. The quantitative estimate of drug-likeness (QED) is 0.688. The second-order valence-electron chi connectivity index (χ2n) is 10.2. The lowest BCUT2D eigenvalue weighted by atomic mass is 9.52. The molecule has 1 aliphatic heterocycles. The first-order valence-corrected chi connectivity index (χ1v) is 11.7. The molecule has 2 aromatic carbocycles. The Hall–Kier alpha value is -1.80. The van der Waals surface area contributed by atoms with Gasteiger partial charge in [0.1, 0.15) is 5.75 Å². The molecule has 1 saturated heterocycles. The molecule has 29 heavy (non-hydrogen) atoms. The molecule has 0 radical (unpaired) electrons. The van der Waals surface area contributed by atoms with Crippen molar-refractivity contribution in [2.75, 3.05) is 20.2 Å². The van der Waals surface area contributed by atoms with Crippen molar-refractivity contribution >= 4 is 0 Å². The third-order valence-electron chi connectivity index (χ3n) is 8.90. The van der Waals surface area contributed by atoms with E-state index in [2.05, 4.69) is 53.4 Å². The van der Waals surface area contributed by atoms with E-state index in [9.17, 15) is 0 Å². The van der Waals surface area contributed by atoms with Crippen LogP contribution in [-0.4, -0.2) is 31.1 Å². The topological polar surface area (TPSA) is 12.5 Å². The molecule has 2 aromatic rings. The molecule has 0 unspecified atom stereocenters. The van der Waals surface area contributed by atoms with Gasteiger partial charge in [0.25, 0.3) is 0 Å². The van der Waals surface area contributed by atoms with E-state index in [-0.39, 0.29) is 0 Å². The number of fused-ring (bicyclic) bond motifs is 1. The molecule has 0 aromatic heterocycles. The van der Waals surface area contributed by atoms with E-state index in [1.54, 1.807) is 16.7 Å². The molecule has 3 fully saturated rings. The van der Waals surface area contributed by atoms with Crippen LogP contribution in [0, 0.1) is 5.92 Å². The smallest absolute Gasteiger partial charge is 0.119 e. The zero-order valence-electron chi connectivity index (χ0n) is 17.7. The molecule has 0 amide bonds. The second-order valence-corrected chi connectivity index (χ2v) is 10.2. The van der Waals surface area contributed by atoms with Crippen molar-refractivity contribution in [3.63, 3.8) is 0 Å². The van der Waals surface area contributed by atoms with Crippen molar-refractivity contribution in [2.24, 2.45) is 5.92 Å². The summed E-state index contributed by atoms with van der Waals surface area (Å²) in [6.45, 7) is 2.53. The summed E-state index contributed by atoms with van der Waals surface area (Å²) < 4.78 is 5.63. The molecule has 6 rings (SSSR count). The van der Waals surface area contributed by atoms with Crippen LogP contribution in [0.25, 0.3) is 0 Å². The highest BCUT2D eigenvalue weighted by molar-refractivity contribution is 5.46. The maximum absolute atomic E-state index is 5.63. The van der Waals surface area contributed by atoms with Gasteiger partial charge in [-0.1, -0.05) is 49.2 Å². The number of likely N-dealkylation sites (tertiary alicyclic amines) is 1. The van der Waals surface area contributed by atoms with E-state index >= 15 is 0 Å². The Morgan fingerprint density at radius 2 is 1.86 bits per heavy atom. The molecule has 2 bridgehead atoms. The molecule has 4 aliphatic rings. The summed E-state index contributed by atoms with van der Waals surface area (Å²) in [6.07, 6.45) is 10.9. The number of piperidine rings is 1. The van der Waals surface area contributed by atoms with Crippen LogP contribution in [0.4, 0.5) is 0 Å². The van der Waals surface area contributed by atoms with E-state index in [0.29, 0.717) is 10.8 Å². The molecule has 0 N–H and O–H groups in total. The Balaban J connectivity index is 1.35. The molecular weight excluding hydrogens is 354 g/mol. The van der Waals surface area contributed by atoms with E-state index in [1.165, 1.54) is 64.5 Å². The summed E-state index contributed by atoms with van der Waals surface area (Å²) in [5.74, 6) is 1.88. The van der Waals surface area contributed by atoms with Crippen LogP contribution in [-0.2, 0) is 17.3 Å². The summed E-state index contributed by atoms with van der Waals surface area (Å²) in [7, 11) is 1.81. The average molecular weight is 388 g/mol. The first kappa shape index (κ1) is 18.0. The largest absolute Gasteiger partial charge is 0.497 e. The second kappa shape index (κ2) is 6.60. The van der Waals surface area contributed by atoms with Crippen LogP contribution in [0.5, 0.6) is 5.75 Å². The molecule has 1 heterocycles. The fraction of sp³-hybridized carbons (Fsp3) is 0.556. The highest BCUT2D eigenvalue weighted by Gasteiger charge is 2.56. The summed E-state index contributed by atoms with van der Waals surface area (Å²) in [5, 5.41) is 0. The van der Waals surface area contributed by atoms with E-state index in [0.717, 1.165) is 17.7 Å². The van der Waals surface area contributed by atoms with Crippen molar-refractivity contribution in [3.05, 3.63) is 65.2 Å². The zero-order valence-corrected chi connectivity index (χ0v) is 17.7. The molecule has 2 nitrogen and oxygen atoms in total. The number of nitrogens with zero attached hydrogens (tertiary/aromatic N) is 1. The Bertz CT molecular complexity index is 902. The fourth-order valence-corrected chi connectivity index (χ4v) is 7.26. The van der Waals surface area contributed by atoms with E-state index in [4.69, 9.17) is 4.74 Å². The molecule has 2 heteroatoms. The SMILES string of the molecule is COc1ccc2c(c1)[C@@]13CCCC[C@H]1[C@@H](C2)N(CC1(c2ccccc2)CC1)CC3. The minimum atomic E-state index is 0.408. The summed E-state index contributed by atoms with van der Waals surface area (Å²) >= 11 is 0. The van der Waals surface area contributed by atoms with Gasteiger partial charge in [0.2, 0.25) is 0 Å². The predicted octanol–water partition coefficient (Wildman–Crippen LogP) is 5.49. The van der Waals surface area contributed by atoms with Crippen LogP contribution in [0.1, 0.15) is 61.6 Å². The number of methoxy groups -OCH3 is 1. The molecule has 152 valence electrons. The van der Waals surface area contributed by atoms with Crippen molar-refractivity contribution in [1.82, 2.24) is 4.90 Å². The van der Waals surface area contributed by atoms with Crippen molar-refractivity contribution in [2.45, 2.75) is 68.2 Å². The number of rotatable bonds is 4. The minimum absolute atomic E-state index is 0.408. The maximum atomic E-state index is 5.63. The normalized spacial score (nSPS) is 32.2. The van der Waals surface area contributed by atoms with Crippen LogP contribution >= 0.6 is 0 Å². The van der Waals surface area contributed by atoms with Gasteiger partial charge in [0.15, 0.2) is 0 Å². The first-order valence-electron chi connectivity index (χ1n) is 11.7. The van der Waals surface area contributed by atoms with Gasteiger partial charge in [-0.15, -0.1) is 0 Å². The maximum Gasteiger partial charge on any atom is 0.119 e. The van der Waals surface area contributed by atoms with Gasteiger partial charge >= 0.3 is 0 Å². The predicted molar refractivity (Wildman–Crippen MR) is 118 cm³/mol. The molecule has 3 atom stereocenters. The number of hydrogen-bond acceptors (Lipinski definition) is 2. The van der Waals surface area contributed by atoms with Crippen molar-refractivity contribution in [3.8, 4) is 5.75 Å². The van der Waals surface area contributed by atoms with Crippen molar-refractivity contribution < 1.29 is 4.74 Å². The van der Waals surface area contributed by atoms with Gasteiger partial charge < -0.3 is 4.74 Å². The number of ether oxygens (including phenoxy) is 1. The monoisotopic (exact) mass is 387 g/mol. The summed E-state index contributed by atoms with van der Waals surface area (Å²) in [5.41, 5.74) is 5.65. The highest BCUT2D eigenvalue weighted by atomic mass is 16.5. The third-order valence-corrected chi connectivity index (χ3v) is 8.90. The van der Waals surface area contributed by atoms with Gasteiger partial charge in [0.05, 0.1) is 7.11 Å². The lowest BCUT2D eigenvalue weighted by Gasteiger charge is -2.59. The van der Waals surface area contributed by atoms with Crippen LogP contribution in [0.3, 0.4) is 0 Å². The van der Waals surface area contributed by atoms with Gasteiger partial charge in [0, 0.05) is 23.4 Å². The van der Waals surface area contributed by atoms with Gasteiger partial charge in [-0.05, 0) is 79.8 Å². The molecule has 3 aliphatic carbocycles. The van der Waals surface area contributed by atoms with E-state index in [1.807, 2.05) is 7.11 Å². The lowest BCUT2D eigenvalue weighted by Crippen LogP contribution is -2.61. The first-order chi connectivity index (χ1) is 14.2. The molecular formula is C27H33NO. The van der Waals surface area contributed by atoms with Gasteiger partial charge in [-0.3, -0.25) is 4.90 Å². The highest BCUT2D eigenvalue weighted by Crippen LogP contribution is 2.58. The Labute approximate surface area is 175 Å². The zero-order chi connectivity index (χ0) is 19.5. The minimum Gasteiger partial charge on any atom is -0.497 e. The summed E-state index contributed by atoms with van der Waals surface area (Å²) in [4.78, 5) is 2.92. The van der Waals surface area contributed by atoms with Crippen molar-refractivity contribution in [1.29, 1.82) is 0 Å². The summed E-state index contributed by atoms with van der Waals surface area (Å²) in [6, 6.07) is 19.0. The number of benzene rings is 2. The Kier molecular flexibility index (Phi) is 4.10. The number of hydrogen-bond donors (Lipinski definition) is 0. The third kappa shape index (κ3) is 2.71. The van der Waals surface area contributed by atoms with Gasteiger partial charge in [-0.2, -0.15) is 0 Å².